The van der Waals surface area contributed by atoms with E-state index in [2.05, 4.69) is 10.4 Å². The average molecular weight is 231 g/mol. The fraction of sp³-hybridized carbons (Fsp3) is 0.250. The molecule has 1 aromatic rings. The Balaban J connectivity index is 2.04. The molecule has 1 aromatic carbocycles. The molecule has 1 aliphatic heterocycles. The second kappa shape index (κ2) is 4.78. The lowest BCUT2D eigenvalue weighted by Gasteiger charge is -2.10. The molecule has 5 heteroatoms. The van der Waals surface area contributed by atoms with Gasteiger partial charge in [0.05, 0.1) is 13.0 Å². The lowest BCUT2D eigenvalue weighted by atomic mass is 10.2. The highest BCUT2D eigenvalue weighted by molar-refractivity contribution is 6.09. The summed E-state index contributed by atoms with van der Waals surface area (Å²) in [5, 5.41) is 7.99. The molecule has 0 fully saturated rings. The molecule has 2 amide bonds. The quantitative estimate of drug-likeness (QED) is 0.820. The van der Waals surface area contributed by atoms with E-state index < -0.39 is 0 Å². The van der Waals surface area contributed by atoms with Crippen molar-refractivity contribution in [1.29, 1.82) is 0 Å². The fourth-order valence-corrected chi connectivity index (χ4v) is 1.62. The van der Waals surface area contributed by atoms with Crippen LogP contribution in [0.4, 0.5) is 0 Å². The van der Waals surface area contributed by atoms with Gasteiger partial charge in [0, 0.05) is 6.92 Å². The molecule has 2 rings (SSSR count). The van der Waals surface area contributed by atoms with E-state index in [1.54, 1.807) is 0 Å². The predicted octanol–water partition coefficient (Wildman–Crippen LogP) is 0.868. The molecule has 1 heterocycles. The summed E-state index contributed by atoms with van der Waals surface area (Å²) in [5.41, 5.74) is 1.01. The van der Waals surface area contributed by atoms with Crippen LogP contribution in [-0.2, 0) is 16.1 Å². The number of nitrogens with one attached hydrogen (secondary N) is 1. The number of hydrazone groups is 1. The molecule has 0 saturated carbocycles. The van der Waals surface area contributed by atoms with Gasteiger partial charge in [-0.3, -0.25) is 9.59 Å². The number of amides is 2. The molecule has 0 aliphatic carbocycles. The van der Waals surface area contributed by atoms with Gasteiger partial charge in [-0.25, -0.2) is 5.01 Å². The van der Waals surface area contributed by atoms with E-state index in [1.807, 2.05) is 30.3 Å². The van der Waals surface area contributed by atoms with Crippen molar-refractivity contribution in [3.63, 3.8) is 0 Å². The predicted molar refractivity (Wildman–Crippen MR) is 62.9 cm³/mol. The van der Waals surface area contributed by atoms with Crippen LogP contribution in [-0.4, -0.2) is 22.7 Å². The topological polar surface area (TPSA) is 61.8 Å². The van der Waals surface area contributed by atoms with Crippen molar-refractivity contribution in [2.45, 2.75) is 19.9 Å². The summed E-state index contributed by atoms with van der Waals surface area (Å²) in [6.07, 6.45) is 0.159. The Bertz CT molecular complexity index is 468. The van der Waals surface area contributed by atoms with Crippen molar-refractivity contribution in [2.75, 3.05) is 0 Å². The van der Waals surface area contributed by atoms with Crippen molar-refractivity contribution in [2.24, 2.45) is 5.10 Å². The Labute approximate surface area is 99.1 Å². The van der Waals surface area contributed by atoms with Crippen molar-refractivity contribution in [3.05, 3.63) is 35.9 Å². The number of hydrogen-bond donors (Lipinski definition) is 1. The second-order valence-corrected chi connectivity index (χ2v) is 3.84. The zero-order chi connectivity index (χ0) is 12.3. The summed E-state index contributed by atoms with van der Waals surface area (Å²) in [5.74, 6) is 0.106. The minimum atomic E-state index is -0.210. The molecular formula is C12H13N3O2. The van der Waals surface area contributed by atoms with Crippen LogP contribution in [0.1, 0.15) is 18.9 Å². The van der Waals surface area contributed by atoms with Gasteiger partial charge in [-0.15, -0.1) is 0 Å². The van der Waals surface area contributed by atoms with Crippen molar-refractivity contribution >= 4 is 17.6 Å². The number of carbonyl (C=O) groups excluding carboxylic acids is 2. The first-order valence-electron chi connectivity index (χ1n) is 5.34. The van der Waals surface area contributed by atoms with Crippen LogP contribution in [0.3, 0.4) is 0 Å². The van der Waals surface area contributed by atoms with E-state index in [4.69, 9.17) is 0 Å². The lowest BCUT2D eigenvalue weighted by molar-refractivity contribution is -0.129. The third-order valence-electron chi connectivity index (χ3n) is 2.34. The SMILES string of the molecule is CC(=O)NC1=NN(Cc2ccccc2)C(=O)C1. The van der Waals surface area contributed by atoms with Crippen LogP contribution in [0.2, 0.25) is 0 Å². The van der Waals surface area contributed by atoms with Crippen LogP contribution in [0.5, 0.6) is 0 Å². The summed E-state index contributed by atoms with van der Waals surface area (Å²) in [7, 11) is 0. The number of nitrogens with zero attached hydrogens (tertiary/aromatic N) is 2. The first-order chi connectivity index (χ1) is 8.15. The molecule has 0 saturated heterocycles. The Kier molecular flexibility index (Phi) is 3.18. The van der Waals surface area contributed by atoms with Crippen molar-refractivity contribution < 1.29 is 9.59 Å². The molecule has 1 aliphatic rings. The molecule has 0 spiro atoms. The molecule has 1 N–H and O–H groups in total. The maximum Gasteiger partial charge on any atom is 0.250 e. The molecule has 0 aromatic heterocycles. The van der Waals surface area contributed by atoms with Crippen molar-refractivity contribution in [3.8, 4) is 0 Å². The standard InChI is InChI=1S/C12H13N3O2/c1-9(16)13-11-7-12(17)15(14-11)8-10-5-3-2-4-6-10/h2-6H,7-8H2,1H3,(H,13,14,16). The molecular weight excluding hydrogens is 218 g/mol. The van der Waals surface area contributed by atoms with Gasteiger partial charge < -0.3 is 5.32 Å². The van der Waals surface area contributed by atoms with E-state index in [1.165, 1.54) is 11.9 Å². The Morgan fingerprint density at radius 1 is 1.41 bits per heavy atom. The Hall–Kier alpha value is -2.17. The van der Waals surface area contributed by atoms with Crippen LogP contribution in [0.25, 0.3) is 0 Å². The van der Waals surface area contributed by atoms with Crippen LogP contribution >= 0.6 is 0 Å². The van der Waals surface area contributed by atoms with Gasteiger partial charge in [0.25, 0.3) is 5.91 Å². The molecule has 0 bridgehead atoms. The van der Waals surface area contributed by atoms with Gasteiger partial charge in [0.1, 0.15) is 5.84 Å². The molecule has 5 nitrogen and oxygen atoms in total. The smallest absolute Gasteiger partial charge is 0.250 e. The first-order valence-corrected chi connectivity index (χ1v) is 5.34. The lowest BCUT2D eigenvalue weighted by Crippen LogP contribution is -2.27. The summed E-state index contributed by atoms with van der Waals surface area (Å²) in [6.45, 7) is 1.83. The normalized spacial score (nSPS) is 14.8. The maximum absolute atomic E-state index is 11.6. The minimum absolute atomic E-state index is 0.0994. The van der Waals surface area contributed by atoms with Gasteiger partial charge in [-0.2, -0.15) is 5.10 Å². The molecule has 0 unspecified atom stereocenters. The number of amidine groups is 1. The highest BCUT2D eigenvalue weighted by Gasteiger charge is 2.24. The second-order valence-electron chi connectivity index (χ2n) is 3.84. The van der Waals surface area contributed by atoms with E-state index in [0.717, 1.165) is 5.56 Å². The average Bonchev–Trinajstić information content (AvgIpc) is 2.59. The van der Waals surface area contributed by atoms with Gasteiger partial charge in [-0.05, 0) is 5.56 Å². The molecule has 88 valence electrons. The number of rotatable bonds is 2. The summed E-state index contributed by atoms with van der Waals surface area (Å²) in [6, 6.07) is 9.60. The molecule has 17 heavy (non-hydrogen) atoms. The summed E-state index contributed by atoms with van der Waals surface area (Å²) >= 11 is 0. The van der Waals surface area contributed by atoms with Crippen molar-refractivity contribution in [1.82, 2.24) is 10.3 Å². The largest absolute Gasteiger partial charge is 0.313 e. The highest BCUT2D eigenvalue weighted by Crippen LogP contribution is 2.11. The number of benzene rings is 1. The Morgan fingerprint density at radius 3 is 2.76 bits per heavy atom. The maximum atomic E-state index is 11.6. The third-order valence-corrected chi connectivity index (χ3v) is 2.34. The number of carbonyl (C=O) groups is 2. The minimum Gasteiger partial charge on any atom is -0.313 e. The van der Waals surface area contributed by atoms with E-state index in [-0.39, 0.29) is 18.2 Å². The van der Waals surface area contributed by atoms with E-state index >= 15 is 0 Å². The van der Waals surface area contributed by atoms with E-state index in [0.29, 0.717) is 12.4 Å². The fourth-order valence-electron chi connectivity index (χ4n) is 1.62. The van der Waals surface area contributed by atoms with Gasteiger partial charge >= 0.3 is 0 Å². The zero-order valence-electron chi connectivity index (χ0n) is 9.51. The van der Waals surface area contributed by atoms with Crippen LogP contribution in [0.15, 0.2) is 35.4 Å². The van der Waals surface area contributed by atoms with Gasteiger partial charge in [0.2, 0.25) is 5.91 Å². The molecule has 0 radical (unpaired) electrons. The molecule has 0 atom stereocenters. The first kappa shape index (κ1) is 11.3. The summed E-state index contributed by atoms with van der Waals surface area (Å²) < 4.78 is 0. The Morgan fingerprint density at radius 2 is 2.12 bits per heavy atom. The zero-order valence-corrected chi connectivity index (χ0v) is 9.51. The summed E-state index contributed by atoms with van der Waals surface area (Å²) in [4.78, 5) is 22.5. The third kappa shape index (κ3) is 2.90. The highest BCUT2D eigenvalue weighted by atomic mass is 16.2. The monoisotopic (exact) mass is 231 g/mol. The van der Waals surface area contributed by atoms with Gasteiger partial charge in [-0.1, -0.05) is 30.3 Å². The van der Waals surface area contributed by atoms with Gasteiger partial charge in [0.15, 0.2) is 0 Å². The van der Waals surface area contributed by atoms with Crippen LogP contribution in [0, 0.1) is 0 Å². The van der Waals surface area contributed by atoms with Crippen LogP contribution < -0.4 is 5.32 Å². The number of hydrogen-bond acceptors (Lipinski definition) is 3. The van der Waals surface area contributed by atoms with E-state index in [9.17, 15) is 9.59 Å².